The topological polar surface area (TPSA) is 77.8 Å². The van der Waals surface area contributed by atoms with Gasteiger partial charge in [-0.1, -0.05) is 42.5 Å². The summed E-state index contributed by atoms with van der Waals surface area (Å²) in [5.41, 5.74) is 1.18. The maximum atomic E-state index is 12.9. The van der Waals surface area contributed by atoms with Crippen LogP contribution in [0.25, 0.3) is 16.8 Å². The molecule has 0 saturated carbocycles. The van der Waals surface area contributed by atoms with E-state index in [0.29, 0.717) is 10.0 Å². The van der Waals surface area contributed by atoms with Gasteiger partial charge in [0.2, 0.25) is 0 Å². The highest BCUT2D eigenvalue weighted by molar-refractivity contribution is 9.11. The summed E-state index contributed by atoms with van der Waals surface area (Å²) < 4.78 is 0.455. The normalized spacial score (nSPS) is 15.7. The molecular weight excluding hydrogens is 522 g/mol. The fraction of sp³-hybridized carbons (Fsp3) is 0.0476. The van der Waals surface area contributed by atoms with Crippen molar-refractivity contribution in [3.05, 3.63) is 73.5 Å². The second kappa shape index (κ2) is 7.85. The zero-order valence-electron chi connectivity index (χ0n) is 14.7. The predicted octanol–water partition coefficient (Wildman–Crippen LogP) is 6.01. The molecule has 1 aliphatic rings. The summed E-state index contributed by atoms with van der Waals surface area (Å²) in [6.07, 6.45) is 1.44. The number of hydrogen-bond donors (Lipinski definition) is 2. The van der Waals surface area contributed by atoms with Crippen LogP contribution in [0.2, 0.25) is 0 Å². The van der Waals surface area contributed by atoms with Crippen LogP contribution < -0.4 is 0 Å². The highest BCUT2D eigenvalue weighted by Crippen LogP contribution is 2.43. The number of aromatic hydroxyl groups is 2. The van der Waals surface area contributed by atoms with Gasteiger partial charge in [-0.2, -0.15) is 0 Å². The van der Waals surface area contributed by atoms with E-state index in [1.54, 1.807) is 0 Å². The molecule has 0 aliphatic carbocycles. The molecule has 2 amide bonds. The molecule has 146 valence electrons. The summed E-state index contributed by atoms with van der Waals surface area (Å²) in [5.74, 6) is -0.789. The Morgan fingerprint density at radius 1 is 1.00 bits per heavy atom. The SMILES string of the molecule is O=C1S/C(=C\c2cc(Br)c(O)c(Br)c2O)C(=O)N1Cc1cccc2ccccc12. The minimum atomic E-state index is -0.423. The summed E-state index contributed by atoms with van der Waals surface area (Å²) in [6, 6.07) is 15.1. The number of benzene rings is 3. The van der Waals surface area contributed by atoms with Gasteiger partial charge in [-0.25, -0.2) is 0 Å². The van der Waals surface area contributed by atoms with Gasteiger partial charge in [0, 0.05) is 5.56 Å². The molecule has 0 spiro atoms. The fourth-order valence-corrected chi connectivity index (χ4v) is 5.09. The Hall–Kier alpha value is -2.29. The van der Waals surface area contributed by atoms with Crippen molar-refractivity contribution < 1.29 is 19.8 Å². The lowest BCUT2D eigenvalue weighted by Crippen LogP contribution is -2.27. The van der Waals surface area contributed by atoms with E-state index in [1.807, 2.05) is 42.5 Å². The molecule has 1 fully saturated rings. The van der Waals surface area contributed by atoms with Gasteiger partial charge in [0.25, 0.3) is 11.1 Å². The Morgan fingerprint density at radius 3 is 2.52 bits per heavy atom. The van der Waals surface area contributed by atoms with Crippen molar-refractivity contribution >= 4 is 71.6 Å². The molecular formula is C21H13Br2NO4S. The minimum absolute atomic E-state index is 0.105. The van der Waals surface area contributed by atoms with Crippen molar-refractivity contribution in [2.24, 2.45) is 0 Å². The quantitative estimate of drug-likeness (QED) is 0.402. The zero-order valence-corrected chi connectivity index (χ0v) is 18.7. The smallest absolute Gasteiger partial charge is 0.293 e. The number of amides is 2. The van der Waals surface area contributed by atoms with Crippen LogP contribution in [0, 0.1) is 0 Å². The molecule has 1 heterocycles. The van der Waals surface area contributed by atoms with Crippen LogP contribution in [0.15, 0.2) is 62.4 Å². The first kappa shape index (κ1) is 20.0. The van der Waals surface area contributed by atoms with E-state index < -0.39 is 5.91 Å². The molecule has 3 aromatic rings. The Bertz CT molecular complexity index is 1200. The number of fused-ring (bicyclic) bond motifs is 1. The first-order valence-electron chi connectivity index (χ1n) is 8.48. The van der Waals surface area contributed by atoms with E-state index in [9.17, 15) is 19.8 Å². The number of nitrogens with zero attached hydrogens (tertiary/aromatic N) is 1. The molecule has 0 unspecified atom stereocenters. The number of imide groups is 1. The zero-order chi connectivity index (χ0) is 20.7. The molecule has 1 aliphatic heterocycles. The number of phenols is 2. The summed E-state index contributed by atoms with van der Waals surface area (Å²) in [5, 5.41) is 21.8. The maximum absolute atomic E-state index is 12.9. The van der Waals surface area contributed by atoms with Gasteiger partial charge in [-0.05, 0) is 72.1 Å². The van der Waals surface area contributed by atoms with Crippen molar-refractivity contribution in [3.63, 3.8) is 0 Å². The van der Waals surface area contributed by atoms with Crippen LogP contribution in [0.4, 0.5) is 4.79 Å². The van der Waals surface area contributed by atoms with Crippen LogP contribution in [0.5, 0.6) is 11.5 Å². The van der Waals surface area contributed by atoms with Gasteiger partial charge in [0.05, 0.1) is 15.9 Å². The lowest BCUT2D eigenvalue weighted by Gasteiger charge is -2.14. The third-order valence-electron chi connectivity index (χ3n) is 4.57. The molecule has 5 nitrogen and oxygen atoms in total. The number of carbonyl (C=O) groups excluding carboxylic acids is 2. The van der Waals surface area contributed by atoms with E-state index in [4.69, 9.17) is 0 Å². The average Bonchev–Trinajstić information content (AvgIpc) is 2.98. The number of halogens is 2. The lowest BCUT2D eigenvalue weighted by atomic mass is 10.0. The summed E-state index contributed by atoms with van der Waals surface area (Å²) >= 11 is 7.13. The van der Waals surface area contributed by atoms with E-state index in [2.05, 4.69) is 31.9 Å². The van der Waals surface area contributed by atoms with Crippen LogP contribution in [0.3, 0.4) is 0 Å². The average molecular weight is 535 g/mol. The van der Waals surface area contributed by atoms with E-state index in [-0.39, 0.29) is 32.7 Å². The van der Waals surface area contributed by atoms with Crippen LogP contribution >= 0.6 is 43.6 Å². The largest absolute Gasteiger partial charge is 0.506 e. The van der Waals surface area contributed by atoms with E-state index in [1.165, 1.54) is 17.0 Å². The summed E-state index contributed by atoms with van der Waals surface area (Å²) in [7, 11) is 0. The molecule has 0 atom stereocenters. The second-order valence-corrected chi connectivity index (χ2v) is 9.01. The van der Waals surface area contributed by atoms with Crippen molar-refractivity contribution in [3.8, 4) is 11.5 Å². The predicted molar refractivity (Wildman–Crippen MR) is 121 cm³/mol. The van der Waals surface area contributed by atoms with Gasteiger partial charge in [-0.3, -0.25) is 14.5 Å². The Labute approximate surface area is 187 Å². The van der Waals surface area contributed by atoms with Gasteiger partial charge >= 0.3 is 0 Å². The first-order chi connectivity index (χ1) is 13.9. The van der Waals surface area contributed by atoms with Crippen LogP contribution in [-0.2, 0) is 11.3 Å². The minimum Gasteiger partial charge on any atom is -0.506 e. The third kappa shape index (κ3) is 3.68. The first-order valence-corrected chi connectivity index (χ1v) is 10.9. The molecule has 2 N–H and O–H groups in total. The van der Waals surface area contributed by atoms with E-state index in [0.717, 1.165) is 28.1 Å². The molecule has 0 bridgehead atoms. The number of hydrogen-bond acceptors (Lipinski definition) is 5. The molecule has 4 rings (SSSR count). The number of thioether (sulfide) groups is 1. The van der Waals surface area contributed by atoms with Gasteiger partial charge in [0.15, 0.2) is 0 Å². The standard InChI is InChI=1S/C21H13Br2NO4S/c22-15-8-13(18(25)17(23)19(15)26)9-16-20(27)24(21(28)29-16)10-12-6-3-5-11-4-1-2-7-14(11)12/h1-9,25-26H,10H2/b16-9-. The van der Waals surface area contributed by atoms with Gasteiger partial charge in [0.1, 0.15) is 16.0 Å². The number of rotatable bonds is 3. The maximum Gasteiger partial charge on any atom is 0.293 e. The van der Waals surface area contributed by atoms with E-state index >= 15 is 0 Å². The van der Waals surface area contributed by atoms with Gasteiger partial charge in [-0.15, -0.1) is 0 Å². The fourth-order valence-electron chi connectivity index (χ4n) is 3.11. The second-order valence-electron chi connectivity index (χ2n) is 6.36. The molecule has 0 radical (unpaired) electrons. The number of carbonyl (C=O) groups is 2. The molecule has 29 heavy (non-hydrogen) atoms. The Morgan fingerprint density at radius 2 is 1.72 bits per heavy atom. The molecule has 3 aromatic carbocycles. The molecule has 0 aromatic heterocycles. The third-order valence-corrected chi connectivity index (χ3v) is 6.83. The Kier molecular flexibility index (Phi) is 5.42. The summed E-state index contributed by atoms with van der Waals surface area (Å²) in [6.45, 7) is 0.165. The monoisotopic (exact) mass is 533 g/mol. The summed E-state index contributed by atoms with van der Waals surface area (Å²) in [4.78, 5) is 26.8. The van der Waals surface area contributed by atoms with Crippen molar-refractivity contribution in [2.75, 3.05) is 0 Å². The Balaban J connectivity index is 1.67. The molecule has 8 heteroatoms. The number of phenolic OH excluding ortho intramolecular Hbond substituents is 2. The van der Waals surface area contributed by atoms with Crippen molar-refractivity contribution in [2.45, 2.75) is 6.54 Å². The van der Waals surface area contributed by atoms with Crippen molar-refractivity contribution in [1.82, 2.24) is 4.90 Å². The van der Waals surface area contributed by atoms with Crippen LogP contribution in [-0.4, -0.2) is 26.3 Å². The molecule has 1 saturated heterocycles. The highest BCUT2D eigenvalue weighted by atomic mass is 79.9. The van der Waals surface area contributed by atoms with Gasteiger partial charge < -0.3 is 10.2 Å². The lowest BCUT2D eigenvalue weighted by molar-refractivity contribution is -0.123. The van der Waals surface area contributed by atoms with Crippen molar-refractivity contribution in [1.29, 1.82) is 0 Å². The van der Waals surface area contributed by atoms with Crippen LogP contribution in [0.1, 0.15) is 11.1 Å². The highest BCUT2D eigenvalue weighted by Gasteiger charge is 2.35.